The van der Waals surface area contributed by atoms with Crippen molar-refractivity contribution in [3.8, 4) is 11.1 Å². The molecule has 7 rings (SSSR count). The van der Waals surface area contributed by atoms with Crippen LogP contribution in [0.4, 0.5) is 11.5 Å². The second kappa shape index (κ2) is 10.6. The Kier molecular flexibility index (Phi) is 6.68. The zero-order valence-electron chi connectivity index (χ0n) is 22.0. The molecule has 40 heavy (non-hydrogen) atoms. The predicted molar refractivity (Wildman–Crippen MR) is 159 cm³/mol. The van der Waals surface area contributed by atoms with E-state index in [1.54, 1.807) is 28.0 Å². The molecule has 10 heteroatoms. The molecule has 1 N–H and O–H groups in total. The Morgan fingerprint density at radius 2 is 1.68 bits per heavy atom. The van der Waals surface area contributed by atoms with Crippen LogP contribution in [0, 0.1) is 0 Å². The van der Waals surface area contributed by atoms with Crippen LogP contribution in [0.25, 0.3) is 36.9 Å². The van der Waals surface area contributed by atoms with E-state index in [-0.39, 0.29) is 11.5 Å². The highest BCUT2D eigenvalue weighted by molar-refractivity contribution is 7.26. The molecule has 204 valence electrons. The van der Waals surface area contributed by atoms with Crippen LogP contribution < -0.4 is 15.8 Å². The number of aromatic nitrogens is 2. The van der Waals surface area contributed by atoms with Gasteiger partial charge in [-0.1, -0.05) is 18.2 Å². The van der Waals surface area contributed by atoms with Crippen LogP contribution in [0.15, 0.2) is 65.6 Å². The van der Waals surface area contributed by atoms with Crippen LogP contribution in [0.5, 0.6) is 0 Å². The third-order valence-corrected chi connectivity index (χ3v) is 8.77. The molecule has 2 aliphatic rings. The van der Waals surface area contributed by atoms with Gasteiger partial charge in [0.25, 0.3) is 5.56 Å². The van der Waals surface area contributed by atoms with Crippen LogP contribution in [0.3, 0.4) is 0 Å². The third-order valence-electron chi connectivity index (χ3n) is 7.55. The number of morpholine rings is 2. The molecule has 2 aliphatic heterocycles. The molecule has 2 fully saturated rings. The minimum Gasteiger partial charge on any atom is -0.379 e. The van der Waals surface area contributed by atoms with Gasteiger partial charge < -0.3 is 19.7 Å². The fourth-order valence-electron chi connectivity index (χ4n) is 5.53. The summed E-state index contributed by atoms with van der Waals surface area (Å²) in [5.41, 5.74) is 3.25. The van der Waals surface area contributed by atoms with Crippen molar-refractivity contribution in [3.63, 3.8) is 0 Å². The van der Waals surface area contributed by atoms with Gasteiger partial charge in [-0.25, -0.2) is 4.98 Å². The molecular formula is C30H29N5O4S. The Hall–Kier alpha value is -3.83. The second-order valence-electron chi connectivity index (χ2n) is 10.1. The van der Waals surface area contributed by atoms with Gasteiger partial charge in [-0.3, -0.25) is 18.9 Å². The van der Waals surface area contributed by atoms with Gasteiger partial charge >= 0.3 is 0 Å². The van der Waals surface area contributed by atoms with E-state index in [4.69, 9.17) is 14.5 Å². The van der Waals surface area contributed by atoms with Crippen molar-refractivity contribution in [3.05, 3.63) is 71.1 Å². The number of thiophene rings is 1. The van der Waals surface area contributed by atoms with Gasteiger partial charge in [0.05, 0.1) is 33.0 Å². The highest BCUT2D eigenvalue weighted by Crippen LogP contribution is 2.41. The monoisotopic (exact) mass is 555 g/mol. The summed E-state index contributed by atoms with van der Waals surface area (Å²) in [7, 11) is 0. The number of rotatable bonds is 5. The Morgan fingerprint density at radius 3 is 2.50 bits per heavy atom. The number of hydrogen-bond donors (Lipinski definition) is 1. The van der Waals surface area contributed by atoms with Crippen LogP contribution in [-0.4, -0.2) is 79.3 Å². The zero-order valence-corrected chi connectivity index (χ0v) is 22.8. The summed E-state index contributed by atoms with van der Waals surface area (Å²) in [6, 6.07) is 17.9. The standard InChI is InChI=1S/C30H29N5O4S/c36-27(19-33-9-13-38-14-10-33)31-20-6-7-25-24(17-20)22-4-1-3-21(29(22)40-25)23-5-2-8-35-28(37)18-26(32-30(23)35)34-11-15-39-16-12-34/h1-8,17-18H,9-16,19H2,(H,31,36). The molecule has 2 aromatic carbocycles. The van der Waals surface area contributed by atoms with E-state index in [1.807, 2.05) is 24.3 Å². The molecule has 9 nitrogen and oxygen atoms in total. The lowest BCUT2D eigenvalue weighted by Crippen LogP contribution is -2.41. The molecule has 5 aromatic rings. The molecule has 0 atom stereocenters. The molecule has 0 radical (unpaired) electrons. The number of nitrogens with zero attached hydrogens (tertiary/aromatic N) is 4. The van der Waals surface area contributed by atoms with Crippen molar-refractivity contribution in [2.45, 2.75) is 0 Å². The minimum absolute atomic E-state index is 0.0233. The Bertz CT molecular complexity index is 1790. The van der Waals surface area contributed by atoms with Crippen LogP contribution >= 0.6 is 11.3 Å². The van der Waals surface area contributed by atoms with Gasteiger partial charge in [0.15, 0.2) is 0 Å². The van der Waals surface area contributed by atoms with Crippen molar-refractivity contribution >= 4 is 54.6 Å². The summed E-state index contributed by atoms with van der Waals surface area (Å²) in [6.45, 7) is 5.90. The first-order valence-corrected chi connectivity index (χ1v) is 14.4. The summed E-state index contributed by atoms with van der Waals surface area (Å²) in [5.74, 6) is 0.659. The fourth-order valence-corrected chi connectivity index (χ4v) is 6.74. The quantitative estimate of drug-likeness (QED) is 0.353. The normalized spacial score (nSPS) is 16.6. The van der Waals surface area contributed by atoms with E-state index < -0.39 is 0 Å². The largest absolute Gasteiger partial charge is 0.379 e. The van der Waals surface area contributed by atoms with E-state index in [9.17, 15) is 9.59 Å². The number of anilines is 2. The first kappa shape index (κ1) is 25.2. The van der Waals surface area contributed by atoms with Gasteiger partial charge in [-0.15, -0.1) is 11.3 Å². The lowest BCUT2D eigenvalue weighted by atomic mass is 10.0. The van der Waals surface area contributed by atoms with E-state index >= 15 is 0 Å². The van der Waals surface area contributed by atoms with Crippen LogP contribution in [-0.2, 0) is 14.3 Å². The van der Waals surface area contributed by atoms with Crippen molar-refractivity contribution in [2.24, 2.45) is 0 Å². The average molecular weight is 556 g/mol. The third kappa shape index (κ3) is 4.73. The molecule has 0 saturated carbocycles. The first-order chi connectivity index (χ1) is 19.6. The predicted octanol–water partition coefficient (Wildman–Crippen LogP) is 3.84. The summed E-state index contributed by atoms with van der Waals surface area (Å²) in [4.78, 5) is 35.0. The smallest absolute Gasteiger partial charge is 0.259 e. The Labute approximate surface area is 234 Å². The van der Waals surface area contributed by atoms with Crippen molar-refractivity contribution in [2.75, 3.05) is 69.4 Å². The van der Waals surface area contributed by atoms with E-state index in [1.165, 1.54) is 0 Å². The summed E-state index contributed by atoms with van der Waals surface area (Å²) < 4.78 is 14.7. The maximum atomic E-state index is 13.1. The van der Waals surface area contributed by atoms with E-state index in [2.05, 4.69) is 39.4 Å². The summed E-state index contributed by atoms with van der Waals surface area (Å²) >= 11 is 1.71. The zero-order chi connectivity index (χ0) is 27.1. The maximum Gasteiger partial charge on any atom is 0.259 e. The molecule has 5 heterocycles. The maximum absolute atomic E-state index is 13.1. The SMILES string of the molecule is O=C(CN1CCOCC1)Nc1ccc2sc3c(-c4cccn5c(=O)cc(N6CCOCC6)nc45)cccc3c2c1. The molecule has 0 aliphatic carbocycles. The Balaban J connectivity index is 1.27. The van der Waals surface area contributed by atoms with Gasteiger partial charge in [-0.2, -0.15) is 0 Å². The number of carbonyl (C=O) groups excluding carboxylic acids is 1. The molecule has 0 bridgehead atoms. The number of fused-ring (bicyclic) bond motifs is 4. The highest BCUT2D eigenvalue weighted by atomic mass is 32.1. The molecule has 2 saturated heterocycles. The number of pyridine rings is 1. The molecule has 0 spiro atoms. The fraction of sp³-hybridized carbons (Fsp3) is 0.300. The lowest BCUT2D eigenvalue weighted by Gasteiger charge is -2.27. The van der Waals surface area contributed by atoms with E-state index in [0.29, 0.717) is 57.5 Å². The minimum atomic E-state index is -0.102. The van der Waals surface area contributed by atoms with Gasteiger partial charge in [0.2, 0.25) is 5.91 Å². The summed E-state index contributed by atoms with van der Waals surface area (Å²) in [6.07, 6.45) is 1.77. The summed E-state index contributed by atoms with van der Waals surface area (Å²) in [5, 5.41) is 5.27. The number of benzene rings is 2. The molecular weight excluding hydrogens is 526 g/mol. The first-order valence-electron chi connectivity index (χ1n) is 13.5. The van der Waals surface area contributed by atoms with E-state index in [0.717, 1.165) is 50.1 Å². The topological polar surface area (TPSA) is 88.4 Å². The number of nitrogens with one attached hydrogen (secondary N) is 1. The second-order valence-corrected chi connectivity index (χ2v) is 11.2. The van der Waals surface area contributed by atoms with Crippen LogP contribution in [0.2, 0.25) is 0 Å². The van der Waals surface area contributed by atoms with Gasteiger partial charge in [0, 0.05) is 75.4 Å². The number of carbonyl (C=O) groups is 1. The number of hydrogen-bond acceptors (Lipinski definition) is 8. The molecule has 3 aromatic heterocycles. The number of amides is 1. The number of ether oxygens (including phenoxy) is 2. The van der Waals surface area contributed by atoms with Gasteiger partial charge in [-0.05, 0) is 30.3 Å². The molecule has 1 amide bonds. The van der Waals surface area contributed by atoms with Crippen molar-refractivity contribution < 1.29 is 14.3 Å². The van der Waals surface area contributed by atoms with Crippen LogP contribution in [0.1, 0.15) is 0 Å². The van der Waals surface area contributed by atoms with Crippen molar-refractivity contribution in [1.82, 2.24) is 14.3 Å². The Morgan fingerprint density at radius 1 is 0.900 bits per heavy atom. The lowest BCUT2D eigenvalue weighted by molar-refractivity contribution is -0.118. The molecule has 0 unspecified atom stereocenters. The highest BCUT2D eigenvalue weighted by Gasteiger charge is 2.19. The van der Waals surface area contributed by atoms with Gasteiger partial charge in [0.1, 0.15) is 11.5 Å². The average Bonchev–Trinajstić information content (AvgIpc) is 3.36. The van der Waals surface area contributed by atoms with Crippen molar-refractivity contribution in [1.29, 1.82) is 0 Å².